The van der Waals surface area contributed by atoms with Gasteiger partial charge >= 0.3 is 0 Å². The lowest BCUT2D eigenvalue weighted by Crippen LogP contribution is -2.18. The summed E-state index contributed by atoms with van der Waals surface area (Å²) in [7, 11) is 0. The van der Waals surface area contributed by atoms with E-state index < -0.39 is 0 Å². The first-order chi connectivity index (χ1) is 9.45. The van der Waals surface area contributed by atoms with Crippen LogP contribution in [0, 0.1) is 0 Å². The third-order valence-electron chi connectivity index (χ3n) is 2.78. The number of hydrogen-bond donors (Lipinski definition) is 1. The van der Waals surface area contributed by atoms with Gasteiger partial charge < -0.3 is 5.32 Å². The number of nitrogens with one attached hydrogen (secondary N) is 1. The molecule has 0 bridgehead atoms. The van der Waals surface area contributed by atoms with Gasteiger partial charge in [0.15, 0.2) is 0 Å². The molecule has 0 saturated heterocycles. The molecule has 2 rings (SSSR count). The van der Waals surface area contributed by atoms with Crippen molar-refractivity contribution < 1.29 is 0 Å². The number of nitrogens with zero attached hydrogens (tertiary/aromatic N) is 3. The van der Waals surface area contributed by atoms with Crippen molar-refractivity contribution in [2.45, 2.75) is 32.6 Å². The molecule has 2 heterocycles. The van der Waals surface area contributed by atoms with Crippen molar-refractivity contribution in [2.75, 3.05) is 11.9 Å². The molecular weight excluding hydrogens is 272 g/mol. The zero-order valence-electron chi connectivity index (χ0n) is 12.0. The number of anilines is 1. The highest BCUT2D eigenvalue weighted by Crippen LogP contribution is 2.22. The maximum atomic E-state index is 6.05. The zero-order valence-corrected chi connectivity index (χ0v) is 12.8. The maximum absolute atomic E-state index is 6.05. The number of hydrogen-bond acceptors (Lipinski definition) is 4. The molecule has 0 aliphatic carbocycles. The molecule has 20 heavy (non-hydrogen) atoms. The number of halogens is 1. The number of rotatable bonds is 4. The second-order valence-electron chi connectivity index (χ2n) is 5.65. The van der Waals surface area contributed by atoms with Crippen LogP contribution in [0.4, 0.5) is 5.82 Å². The predicted octanol–water partition coefficient (Wildman–Crippen LogP) is 3.48. The molecule has 0 unspecified atom stereocenters. The average molecular weight is 291 g/mol. The Bertz CT molecular complexity index is 564. The number of aromatic nitrogens is 3. The average Bonchev–Trinajstić information content (AvgIpc) is 2.38. The summed E-state index contributed by atoms with van der Waals surface area (Å²) < 4.78 is 0. The first kappa shape index (κ1) is 14.7. The summed E-state index contributed by atoms with van der Waals surface area (Å²) in [5.74, 6) is 1.50. The van der Waals surface area contributed by atoms with Crippen LogP contribution in [0.3, 0.4) is 0 Å². The van der Waals surface area contributed by atoms with Crippen molar-refractivity contribution in [1.82, 2.24) is 15.0 Å². The summed E-state index contributed by atoms with van der Waals surface area (Å²) in [4.78, 5) is 13.1. The van der Waals surface area contributed by atoms with Crippen molar-refractivity contribution in [2.24, 2.45) is 0 Å². The fraction of sp³-hybridized carbons (Fsp3) is 0.400. The van der Waals surface area contributed by atoms with Gasteiger partial charge in [-0.1, -0.05) is 38.4 Å². The molecule has 0 aliphatic rings. The molecule has 0 amide bonds. The molecule has 0 atom stereocenters. The molecule has 5 heteroatoms. The Morgan fingerprint density at radius 1 is 1.20 bits per heavy atom. The summed E-state index contributed by atoms with van der Waals surface area (Å²) >= 11 is 6.05. The Morgan fingerprint density at radius 3 is 2.65 bits per heavy atom. The quantitative estimate of drug-likeness (QED) is 0.876. The summed E-state index contributed by atoms with van der Waals surface area (Å²) in [5, 5.41) is 3.73. The molecule has 2 aromatic heterocycles. The topological polar surface area (TPSA) is 50.7 Å². The van der Waals surface area contributed by atoms with Crippen LogP contribution in [0.25, 0.3) is 0 Å². The second-order valence-corrected chi connectivity index (χ2v) is 6.03. The van der Waals surface area contributed by atoms with E-state index in [2.05, 4.69) is 41.0 Å². The van der Waals surface area contributed by atoms with E-state index in [1.54, 1.807) is 12.3 Å². The second kappa shape index (κ2) is 6.18. The van der Waals surface area contributed by atoms with Gasteiger partial charge in [0.1, 0.15) is 16.8 Å². The van der Waals surface area contributed by atoms with Gasteiger partial charge in [0.25, 0.3) is 0 Å². The van der Waals surface area contributed by atoms with E-state index in [9.17, 15) is 0 Å². The lowest BCUT2D eigenvalue weighted by atomic mass is 9.96. The standard InChI is InChI=1S/C15H19ClN4/c1-15(2,3)14-19-12(16)10-13(20-14)18-9-7-11-6-4-5-8-17-11/h4-6,8,10H,7,9H2,1-3H3,(H,18,19,20). The van der Waals surface area contributed by atoms with Crippen LogP contribution >= 0.6 is 11.6 Å². The minimum Gasteiger partial charge on any atom is -0.370 e. The van der Waals surface area contributed by atoms with Crippen LogP contribution in [0.5, 0.6) is 0 Å². The van der Waals surface area contributed by atoms with Crippen molar-refractivity contribution in [1.29, 1.82) is 0 Å². The minimum absolute atomic E-state index is 0.123. The van der Waals surface area contributed by atoms with Gasteiger partial charge in [0.2, 0.25) is 0 Å². The molecular formula is C15H19ClN4. The highest BCUT2D eigenvalue weighted by molar-refractivity contribution is 6.29. The van der Waals surface area contributed by atoms with Gasteiger partial charge in [-0.25, -0.2) is 9.97 Å². The van der Waals surface area contributed by atoms with E-state index in [1.165, 1.54) is 0 Å². The Hall–Kier alpha value is -1.68. The Balaban J connectivity index is 2.01. The summed E-state index contributed by atoms with van der Waals surface area (Å²) in [6.45, 7) is 6.96. The monoisotopic (exact) mass is 290 g/mol. The summed E-state index contributed by atoms with van der Waals surface area (Å²) in [6, 6.07) is 7.66. The van der Waals surface area contributed by atoms with Crippen molar-refractivity contribution in [3.8, 4) is 0 Å². The normalized spacial score (nSPS) is 11.4. The Morgan fingerprint density at radius 2 is 2.00 bits per heavy atom. The van der Waals surface area contributed by atoms with Gasteiger partial charge in [0, 0.05) is 36.3 Å². The fourth-order valence-corrected chi connectivity index (χ4v) is 1.89. The molecule has 1 N–H and O–H groups in total. The first-order valence-electron chi connectivity index (χ1n) is 6.64. The summed E-state index contributed by atoms with van der Waals surface area (Å²) in [6.07, 6.45) is 2.64. The van der Waals surface area contributed by atoms with Crippen LogP contribution in [-0.2, 0) is 11.8 Å². The third kappa shape index (κ3) is 4.17. The highest BCUT2D eigenvalue weighted by atomic mass is 35.5. The van der Waals surface area contributed by atoms with Crippen LogP contribution in [0.1, 0.15) is 32.3 Å². The van der Waals surface area contributed by atoms with Gasteiger partial charge in [-0.15, -0.1) is 0 Å². The van der Waals surface area contributed by atoms with E-state index in [4.69, 9.17) is 11.6 Å². The molecule has 106 valence electrons. The van der Waals surface area contributed by atoms with E-state index in [1.807, 2.05) is 18.2 Å². The van der Waals surface area contributed by atoms with E-state index >= 15 is 0 Å². The van der Waals surface area contributed by atoms with Crippen LogP contribution in [0.15, 0.2) is 30.5 Å². The van der Waals surface area contributed by atoms with Crippen LogP contribution in [-0.4, -0.2) is 21.5 Å². The Kier molecular flexibility index (Phi) is 4.55. The van der Waals surface area contributed by atoms with E-state index in [-0.39, 0.29) is 5.41 Å². The zero-order chi connectivity index (χ0) is 14.6. The largest absolute Gasteiger partial charge is 0.370 e. The fourth-order valence-electron chi connectivity index (χ4n) is 1.71. The lowest BCUT2D eigenvalue weighted by Gasteiger charge is -2.17. The SMILES string of the molecule is CC(C)(C)c1nc(Cl)cc(NCCc2ccccn2)n1. The smallest absolute Gasteiger partial charge is 0.137 e. The van der Waals surface area contributed by atoms with Crippen LogP contribution in [0.2, 0.25) is 5.15 Å². The molecule has 0 saturated carbocycles. The lowest BCUT2D eigenvalue weighted by molar-refractivity contribution is 0.546. The Labute approximate surface area is 124 Å². The molecule has 4 nitrogen and oxygen atoms in total. The van der Waals surface area contributed by atoms with Crippen molar-refractivity contribution >= 4 is 17.4 Å². The van der Waals surface area contributed by atoms with Crippen molar-refractivity contribution in [3.63, 3.8) is 0 Å². The molecule has 0 aliphatic heterocycles. The highest BCUT2D eigenvalue weighted by Gasteiger charge is 2.18. The third-order valence-corrected chi connectivity index (χ3v) is 2.97. The molecule has 0 aromatic carbocycles. The van der Waals surface area contributed by atoms with Gasteiger partial charge in [0.05, 0.1) is 0 Å². The molecule has 2 aromatic rings. The maximum Gasteiger partial charge on any atom is 0.137 e. The van der Waals surface area contributed by atoms with E-state index in [0.717, 1.165) is 30.3 Å². The molecule has 0 fully saturated rings. The minimum atomic E-state index is -0.123. The molecule has 0 spiro atoms. The summed E-state index contributed by atoms with van der Waals surface area (Å²) in [5.41, 5.74) is 0.929. The van der Waals surface area contributed by atoms with Gasteiger partial charge in [-0.3, -0.25) is 4.98 Å². The first-order valence-corrected chi connectivity index (χ1v) is 7.02. The van der Waals surface area contributed by atoms with Gasteiger partial charge in [-0.05, 0) is 12.1 Å². The number of pyridine rings is 1. The predicted molar refractivity (Wildman–Crippen MR) is 82.2 cm³/mol. The van der Waals surface area contributed by atoms with Gasteiger partial charge in [-0.2, -0.15) is 0 Å². The van der Waals surface area contributed by atoms with E-state index in [0.29, 0.717) is 5.15 Å². The van der Waals surface area contributed by atoms with Crippen molar-refractivity contribution in [3.05, 3.63) is 47.1 Å². The van der Waals surface area contributed by atoms with Crippen LogP contribution < -0.4 is 5.32 Å². The molecule has 0 radical (unpaired) electrons.